The molecule has 156 valence electrons. The lowest BCUT2D eigenvalue weighted by atomic mass is 9.96. The number of nitro groups is 1. The number of nitro benzene ring substituents is 1. The van der Waals surface area contributed by atoms with E-state index in [1.807, 2.05) is 0 Å². The zero-order valence-corrected chi connectivity index (χ0v) is 16.7. The first-order valence-electron chi connectivity index (χ1n) is 10.6. The number of benzene rings is 1. The third-order valence-electron chi connectivity index (χ3n) is 5.86. The highest BCUT2D eigenvalue weighted by Gasteiger charge is 2.23. The number of likely N-dealkylation sites (tertiary alicyclic amines) is 2. The van der Waals surface area contributed by atoms with Gasteiger partial charge in [-0.05, 0) is 63.8 Å². The van der Waals surface area contributed by atoms with Crippen LogP contribution in [-0.2, 0) is 0 Å². The largest absolute Gasteiger partial charge is 0.491 e. The number of non-ortho nitro benzene ring substituents is 1. The first-order valence-corrected chi connectivity index (χ1v) is 10.6. The van der Waals surface area contributed by atoms with Gasteiger partial charge < -0.3 is 19.6 Å². The SMILES string of the molecule is O=[N+]([O-])c1cccc(OCC(O)CN2CCC(CN3CCCCCC3)CC2)c1. The topological polar surface area (TPSA) is 79.1 Å². The molecule has 3 rings (SSSR count). The summed E-state index contributed by atoms with van der Waals surface area (Å²) in [5, 5.41) is 21.1. The van der Waals surface area contributed by atoms with Crippen molar-refractivity contribution >= 4 is 5.69 Å². The Hall–Kier alpha value is -1.70. The molecule has 2 saturated heterocycles. The zero-order chi connectivity index (χ0) is 19.8. The third kappa shape index (κ3) is 6.72. The van der Waals surface area contributed by atoms with E-state index in [0.29, 0.717) is 12.3 Å². The summed E-state index contributed by atoms with van der Waals surface area (Å²) < 4.78 is 5.55. The lowest BCUT2D eigenvalue weighted by molar-refractivity contribution is -0.384. The minimum absolute atomic E-state index is 0.00142. The predicted molar refractivity (Wildman–Crippen MR) is 109 cm³/mol. The Morgan fingerprint density at radius 1 is 1.11 bits per heavy atom. The summed E-state index contributed by atoms with van der Waals surface area (Å²) in [4.78, 5) is 15.3. The third-order valence-corrected chi connectivity index (χ3v) is 5.86. The highest BCUT2D eigenvalue weighted by molar-refractivity contribution is 5.37. The Morgan fingerprint density at radius 2 is 1.82 bits per heavy atom. The van der Waals surface area contributed by atoms with E-state index in [-0.39, 0.29) is 12.3 Å². The Balaban J connectivity index is 1.35. The van der Waals surface area contributed by atoms with Crippen LogP contribution < -0.4 is 4.74 Å². The van der Waals surface area contributed by atoms with Crippen LogP contribution in [-0.4, -0.2) is 71.8 Å². The van der Waals surface area contributed by atoms with Crippen LogP contribution in [0.4, 0.5) is 5.69 Å². The molecule has 2 fully saturated rings. The van der Waals surface area contributed by atoms with Crippen molar-refractivity contribution in [3.05, 3.63) is 34.4 Å². The molecular weight excluding hydrogens is 358 g/mol. The molecule has 2 aliphatic heterocycles. The molecule has 0 bridgehead atoms. The number of aliphatic hydroxyl groups is 1. The van der Waals surface area contributed by atoms with Gasteiger partial charge in [0.25, 0.3) is 5.69 Å². The highest BCUT2D eigenvalue weighted by atomic mass is 16.6. The van der Waals surface area contributed by atoms with Gasteiger partial charge in [-0.25, -0.2) is 0 Å². The lowest BCUT2D eigenvalue weighted by Gasteiger charge is -2.35. The molecule has 1 aromatic rings. The van der Waals surface area contributed by atoms with Crippen LogP contribution in [0.5, 0.6) is 5.75 Å². The molecule has 0 aliphatic carbocycles. The van der Waals surface area contributed by atoms with E-state index in [9.17, 15) is 15.2 Å². The van der Waals surface area contributed by atoms with E-state index >= 15 is 0 Å². The van der Waals surface area contributed by atoms with Gasteiger partial charge in [-0.1, -0.05) is 18.9 Å². The number of rotatable bonds is 8. The van der Waals surface area contributed by atoms with Gasteiger partial charge in [-0.15, -0.1) is 0 Å². The van der Waals surface area contributed by atoms with Crippen molar-refractivity contribution in [3.63, 3.8) is 0 Å². The van der Waals surface area contributed by atoms with E-state index in [1.165, 1.54) is 70.3 Å². The Bertz CT molecular complexity index is 611. The van der Waals surface area contributed by atoms with E-state index in [1.54, 1.807) is 12.1 Å². The van der Waals surface area contributed by atoms with Gasteiger partial charge in [-0.2, -0.15) is 0 Å². The average molecular weight is 392 g/mol. The summed E-state index contributed by atoms with van der Waals surface area (Å²) >= 11 is 0. The van der Waals surface area contributed by atoms with E-state index in [4.69, 9.17) is 4.74 Å². The molecule has 1 aromatic carbocycles. The van der Waals surface area contributed by atoms with Crippen LogP contribution in [0.1, 0.15) is 38.5 Å². The quantitative estimate of drug-likeness (QED) is 0.542. The Kier molecular flexibility index (Phi) is 8.06. The minimum Gasteiger partial charge on any atom is -0.491 e. The molecule has 0 aromatic heterocycles. The first kappa shape index (κ1) is 21.0. The monoisotopic (exact) mass is 391 g/mol. The molecular formula is C21H33N3O4. The fourth-order valence-corrected chi connectivity index (χ4v) is 4.27. The standard InChI is InChI=1S/C21H33N3O4/c25-20(17-28-21-7-5-6-19(14-21)24(26)27)16-23-12-8-18(9-13-23)15-22-10-3-1-2-4-11-22/h5-7,14,18,20,25H,1-4,8-13,15-17H2. The summed E-state index contributed by atoms with van der Waals surface area (Å²) in [6.45, 7) is 6.52. The van der Waals surface area contributed by atoms with E-state index in [0.717, 1.165) is 19.0 Å². The van der Waals surface area contributed by atoms with Crippen LogP contribution in [0.2, 0.25) is 0 Å². The second-order valence-electron chi connectivity index (χ2n) is 8.18. The molecule has 2 aliphatic rings. The molecule has 7 nitrogen and oxygen atoms in total. The van der Waals surface area contributed by atoms with Crippen LogP contribution in [0.15, 0.2) is 24.3 Å². The van der Waals surface area contributed by atoms with Gasteiger partial charge in [0.15, 0.2) is 0 Å². The molecule has 1 N–H and O–H groups in total. The molecule has 0 saturated carbocycles. The summed E-state index contributed by atoms with van der Waals surface area (Å²) in [5.74, 6) is 1.19. The Labute approximate surface area is 167 Å². The number of β-amino-alcohol motifs (C(OH)–C–C–N with tert-alkyl or cyclic N) is 1. The molecule has 2 heterocycles. The molecule has 1 unspecified atom stereocenters. The van der Waals surface area contributed by atoms with Crippen molar-refractivity contribution in [2.75, 3.05) is 45.9 Å². The fraction of sp³-hybridized carbons (Fsp3) is 0.714. The van der Waals surface area contributed by atoms with Gasteiger partial charge in [0.05, 0.1) is 11.0 Å². The molecule has 28 heavy (non-hydrogen) atoms. The summed E-state index contributed by atoms with van der Waals surface area (Å²) in [6.07, 6.45) is 7.23. The van der Waals surface area contributed by atoms with Gasteiger partial charge >= 0.3 is 0 Å². The van der Waals surface area contributed by atoms with Crippen molar-refractivity contribution in [3.8, 4) is 5.75 Å². The zero-order valence-electron chi connectivity index (χ0n) is 16.7. The summed E-state index contributed by atoms with van der Waals surface area (Å²) in [7, 11) is 0. The molecule has 1 atom stereocenters. The normalized spacial score (nSPS) is 21.2. The minimum atomic E-state index is -0.596. The van der Waals surface area contributed by atoms with Crippen molar-refractivity contribution in [1.29, 1.82) is 0 Å². The maximum absolute atomic E-state index is 10.8. The molecule has 0 amide bonds. The second kappa shape index (κ2) is 10.7. The average Bonchev–Trinajstić information content (AvgIpc) is 2.97. The van der Waals surface area contributed by atoms with E-state index in [2.05, 4.69) is 9.80 Å². The number of aliphatic hydroxyl groups excluding tert-OH is 1. The van der Waals surface area contributed by atoms with Gasteiger partial charge in [-0.3, -0.25) is 10.1 Å². The maximum Gasteiger partial charge on any atom is 0.273 e. The number of ether oxygens (including phenoxy) is 1. The Morgan fingerprint density at radius 3 is 2.50 bits per heavy atom. The van der Waals surface area contributed by atoms with E-state index < -0.39 is 11.0 Å². The van der Waals surface area contributed by atoms with Crippen molar-refractivity contribution < 1.29 is 14.8 Å². The number of piperidine rings is 1. The number of nitrogens with zero attached hydrogens (tertiary/aromatic N) is 3. The first-order chi connectivity index (χ1) is 13.6. The van der Waals surface area contributed by atoms with Crippen LogP contribution in [0, 0.1) is 16.0 Å². The van der Waals surface area contributed by atoms with Gasteiger partial charge in [0.1, 0.15) is 18.5 Å². The number of hydrogen-bond donors (Lipinski definition) is 1. The van der Waals surface area contributed by atoms with Crippen molar-refractivity contribution in [2.45, 2.75) is 44.6 Å². The number of hydrogen-bond acceptors (Lipinski definition) is 6. The maximum atomic E-state index is 10.8. The fourth-order valence-electron chi connectivity index (χ4n) is 4.27. The van der Waals surface area contributed by atoms with Crippen molar-refractivity contribution in [1.82, 2.24) is 9.80 Å². The van der Waals surface area contributed by atoms with Crippen LogP contribution in [0.3, 0.4) is 0 Å². The lowest BCUT2D eigenvalue weighted by Crippen LogP contribution is -2.43. The highest BCUT2D eigenvalue weighted by Crippen LogP contribution is 2.21. The van der Waals surface area contributed by atoms with Gasteiger partial charge in [0, 0.05) is 19.2 Å². The molecule has 0 spiro atoms. The van der Waals surface area contributed by atoms with Crippen LogP contribution in [0.25, 0.3) is 0 Å². The summed E-state index contributed by atoms with van der Waals surface area (Å²) in [6, 6.07) is 6.09. The molecule has 0 radical (unpaired) electrons. The predicted octanol–water partition coefficient (Wildman–Crippen LogP) is 2.92. The smallest absolute Gasteiger partial charge is 0.273 e. The van der Waals surface area contributed by atoms with Crippen molar-refractivity contribution in [2.24, 2.45) is 5.92 Å². The summed E-state index contributed by atoms with van der Waals surface area (Å²) in [5.41, 5.74) is -0.00142. The molecule has 7 heteroatoms. The van der Waals surface area contributed by atoms with Gasteiger partial charge in [0.2, 0.25) is 0 Å². The second-order valence-corrected chi connectivity index (χ2v) is 8.18. The van der Waals surface area contributed by atoms with Crippen LogP contribution >= 0.6 is 0 Å².